The number of piperidine rings is 1. The predicted octanol–water partition coefficient (Wildman–Crippen LogP) is 2.73. The van der Waals surface area contributed by atoms with E-state index in [-0.39, 0.29) is 16.7 Å². The molecule has 1 amide bonds. The van der Waals surface area contributed by atoms with Crippen molar-refractivity contribution < 1.29 is 17.9 Å². The second kappa shape index (κ2) is 7.88. The zero-order valence-corrected chi connectivity index (χ0v) is 15.4. The number of methoxy groups -OCH3 is 1. The van der Waals surface area contributed by atoms with Gasteiger partial charge in [-0.2, -0.15) is 4.31 Å². The largest absolute Gasteiger partial charge is 0.495 e. The van der Waals surface area contributed by atoms with E-state index in [0.717, 1.165) is 5.69 Å². The van der Waals surface area contributed by atoms with Crippen LogP contribution in [0.3, 0.4) is 0 Å². The SMILES string of the molecule is COc1ccccc1S(=O)(=O)N1CCC(C(=O)Nc2ccccc2)CC1. The first-order valence-corrected chi connectivity index (χ1v) is 9.95. The number of anilines is 1. The number of hydrogen-bond donors (Lipinski definition) is 1. The van der Waals surface area contributed by atoms with Crippen LogP contribution < -0.4 is 10.1 Å². The fourth-order valence-corrected chi connectivity index (χ4v) is 4.72. The maximum atomic E-state index is 12.9. The minimum atomic E-state index is -3.64. The molecule has 0 atom stereocenters. The molecule has 6 nitrogen and oxygen atoms in total. The van der Waals surface area contributed by atoms with Crippen LogP contribution in [0.2, 0.25) is 0 Å². The lowest BCUT2D eigenvalue weighted by Gasteiger charge is -2.30. The Kier molecular flexibility index (Phi) is 5.58. The third kappa shape index (κ3) is 3.89. The number of benzene rings is 2. The minimum Gasteiger partial charge on any atom is -0.495 e. The molecular formula is C19H22N2O4S. The van der Waals surface area contributed by atoms with Crippen LogP contribution in [0.25, 0.3) is 0 Å². The Morgan fingerprint density at radius 3 is 2.31 bits per heavy atom. The Hall–Kier alpha value is -2.38. The summed E-state index contributed by atoms with van der Waals surface area (Å²) < 4.78 is 32.4. The third-order valence-corrected chi connectivity index (χ3v) is 6.49. The van der Waals surface area contributed by atoms with Crippen molar-refractivity contribution in [2.24, 2.45) is 5.92 Å². The van der Waals surface area contributed by atoms with Crippen LogP contribution in [0.4, 0.5) is 5.69 Å². The van der Waals surface area contributed by atoms with Gasteiger partial charge in [0.15, 0.2) is 0 Å². The fourth-order valence-electron chi connectivity index (χ4n) is 3.10. The molecule has 7 heteroatoms. The fraction of sp³-hybridized carbons (Fsp3) is 0.316. The number of sulfonamides is 1. The average molecular weight is 374 g/mol. The first-order chi connectivity index (χ1) is 12.5. The molecule has 0 bridgehead atoms. The second-order valence-corrected chi connectivity index (χ2v) is 8.09. The number of ether oxygens (including phenoxy) is 1. The van der Waals surface area contributed by atoms with Gasteiger partial charge in [-0.05, 0) is 37.1 Å². The number of amides is 1. The highest BCUT2D eigenvalue weighted by Crippen LogP contribution is 2.29. The average Bonchev–Trinajstić information content (AvgIpc) is 2.68. The topological polar surface area (TPSA) is 75.7 Å². The number of para-hydroxylation sites is 2. The first-order valence-electron chi connectivity index (χ1n) is 8.51. The van der Waals surface area contributed by atoms with Gasteiger partial charge in [0.2, 0.25) is 15.9 Å². The van der Waals surface area contributed by atoms with Gasteiger partial charge in [0.25, 0.3) is 0 Å². The maximum absolute atomic E-state index is 12.9. The number of carbonyl (C=O) groups excluding carboxylic acids is 1. The van der Waals surface area contributed by atoms with Crippen molar-refractivity contribution in [3.63, 3.8) is 0 Å². The summed E-state index contributed by atoms with van der Waals surface area (Å²) in [4.78, 5) is 12.6. The van der Waals surface area contributed by atoms with E-state index in [1.165, 1.54) is 11.4 Å². The van der Waals surface area contributed by atoms with Gasteiger partial charge in [-0.3, -0.25) is 4.79 Å². The number of rotatable bonds is 5. The zero-order valence-electron chi connectivity index (χ0n) is 14.6. The van der Waals surface area contributed by atoms with Crippen molar-refractivity contribution >= 4 is 21.6 Å². The van der Waals surface area contributed by atoms with Gasteiger partial charge in [-0.15, -0.1) is 0 Å². The van der Waals surface area contributed by atoms with Crippen molar-refractivity contribution in [2.75, 3.05) is 25.5 Å². The number of carbonyl (C=O) groups is 1. The summed E-state index contributed by atoms with van der Waals surface area (Å²) in [6.07, 6.45) is 0.986. The lowest BCUT2D eigenvalue weighted by Crippen LogP contribution is -2.41. The van der Waals surface area contributed by atoms with Gasteiger partial charge in [0.1, 0.15) is 10.6 Å². The molecule has 0 aliphatic carbocycles. The van der Waals surface area contributed by atoms with Crippen LogP contribution in [-0.2, 0) is 14.8 Å². The molecule has 0 unspecified atom stereocenters. The van der Waals surface area contributed by atoms with Crippen molar-refractivity contribution in [3.05, 3.63) is 54.6 Å². The summed E-state index contributed by atoms with van der Waals surface area (Å²) in [6, 6.07) is 15.9. The third-order valence-electron chi connectivity index (χ3n) is 4.55. The van der Waals surface area contributed by atoms with Crippen molar-refractivity contribution in [2.45, 2.75) is 17.7 Å². The Labute approximate surface area is 153 Å². The summed E-state index contributed by atoms with van der Waals surface area (Å²) in [5.41, 5.74) is 0.751. The highest BCUT2D eigenvalue weighted by Gasteiger charge is 2.33. The molecular weight excluding hydrogens is 352 g/mol. The molecule has 1 aliphatic rings. The molecule has 26 heavy (non-hydrogen) atoms. The van der Waals surface area contributed by atoms with Gasteiger partial charge >= 0.3 is 0 Å². The highest BCUT2D eigenvalue weighted by molar-refractivity contribution is 7.89. The molecule has 0 aromatic heterocycles. The molecule has 0 spiro atoms. The first kappa shape index (κ1) is 18.4. The van der Waals surface area contributed by atoms with Crippen molar-refractivity contribution in [3.8, 4) is 5.75 Å². The lowest BCUT2D eigenvalue weighted by atomic mass is 9.97. The van der Waals surface area contributed by atoms with Gasteiger partial charge in [-0.1, -0.05) is 30.3 Å². The van der Waals surface area contributed by atoms with Crippen molar-refractivity contribution in [1.29, 1.82) is 0 Å². The van der Waals surface area contributed by atoms with Crippen LogP contribution in [0.15, 0.2) is 59.5 Å². The summed E-state index contributed by atoms with van der Waals surface area (Å²) in [6.45, 7) is 0.626. The Balaban J connectivity index is 1.65. The highest BCUT2D eigenvalue weighted by atomic mass is 32.2. The minimum absolute atomic E-state index is 0.0643. The smallest absolute Gasteiger partial charge is 0.246 e. The van der Waals surface area contributed by atoms with E-state index >= 15 is 0 Å². The second-order valence-electron chi connectivity index (χ2n) is 6.18. The Bertz CT molecular complexity index is 860. The van der Waals surface area contributed by atoms with E-state index in [9.17, 15) is 13.2 Å². The van der Waals surface area contributed by atoms with Crippen LogP contribution in [0.1, 0.15) is 12.8 Å². The molecule has 138 valence electrons. The monoisotopic (exact) mass is 374 g/mol. The number of nitrogens with zero attached hydrogens (tertiary/aromatic N) is 1. The van der Waals surface area contributed by atoms with Crippen LogP contribution in [-0.4, -0.2) is 38.8 Å². The van der Waals surface area contributed by atoms with E-state index in [4.69, 9.17) is 4.74 Å². The van der Waals surface area contributed by atoms with Gasteiger partial charge < -0.3 is 10.1 Å². The molecule has 0 radical (unpaired) electrons. The van der Waals surface area contributed by atoms with E-state index in [1.807, 2.05) is 30.3 Å². The van der Waals surface area contributed by atoms with E-state index in [2.05, 4.69) is 5.32 Å². The molecule has 2 aromatic rings. The predicted molar refractivity (Wildman–Crippen MR) is 99.5 cm³/mol. The maximum Gasteiger partial charge on any atom is 0.246 e. The summed E-state index contributed by atoms with van der Waals surface area (Å²) >= 11 is 0. The normalized spacial score (nSPS) is 16.2. The Morgan fingerprint density at radius 1 is 1.04 bits per heavy atom. The molecule has 1 aliphatic heterocycles. The Morgan fingerprint density at radius 2 is 1.65 bits per heavy atom. The molecule has 1 heterocycles. The van der Waals surface area contributed by atoms with Crippen LogP contribution in [0, 0.1) is 5.92 Å². The molecule has 1 fully saturated rings. The van der Waals surface area contributed by atoms with E-state index in [0.29, 0.717) is 31.7 Å². The van der Waals surface area contributed by atoms with E-state index in [1.54, 1.807) is 24.3 Å². The van der Waals surface area contributed by atoms with Gasteiger partial charge in [-0.25, -0.2) is 8.42 Å². The molecule has 1 saturated heterocycles. The summed E-state index contributed by atoms with van der Waals surface area (Å²) in [7, 11) is -2.18. The van der Waals surface area contributed by atoms with E-state index < -0.39 is 10.0 Å². The number of nitrogens with one attached hydrogen (secondary N) is 1. The summed E-state index contributed by atoms with van der Waals surface area (Å²) in [5.74, 6) is 0.0707. The molecule has 3 rings (SSSR count). The zero-order chi connectivity index (χ0) is 18.6. The quantitative estimate of drug-likeness (QED) is 0.873. The standard InChI is InChI=1S/C19H22N2O4S/c1-25-17-9-5-6-10-18(17)26(23,24)21-13-11-15(12-14-21)19(22)20-16-7-3-2-4-8-16/h2-10,15H,11-14H2,1H3,(H,20,22). The molecule has 1 N–H and O–H groups in total. The van der Waals surface area contributed by atoms with Gasteiger partial charge in [0.05, 0.1) is 7.11 Å². The van der Waals surface area contributed by atoms with Crippen LogP contribution in [0.5, 0.6) is 5.75 Å². The molecule has 0 saturated carbocycles. The summed E-state index contributed by atoms with van der Waals surface area (Å²) in [5, 5.41) is 2.89. The number of hydrogen-bond acceptors (Lipinski definition) is 4. The molecule has 2 aromatic carbocycles. The lowest BCUT2D eigenvalue weighted by molar-refractivity contribution is -0.120. The van der Waals surface area contributed by atoms with Gasteiger partial charge in [0, 0.05) is 24.7 Å². The van der Waals surface area contributed by atoms with Crippen LogP contribution >= 0.6 is 0 Å². The van der Waals surface area contributed by atoms with Crippen molar-refractivity contribution in [1.82, 2.24) is 4.31 Å².